The molecule has 3 aromatic carbocycles. The van der Waals surface area contributed by atoms with E-state index in [4.69, 9.17) is 16.3 Å². The molecule has 0 aliphatic carbocycles. The van der Waals surface area contributed by atoms with Crippen LogP contribution in [0, 0.1) is 0 Å². The molecule has 0 heterocycles. The molecule has 1 atom stereocenters. The molecule has 3 aromatic rings. The van der Waals surface area contributed by atoms with Crippen LogP contribution in [0.1, 0.15) is 34.3 Å². The van der Waals surface area contributed by atoms with Crippen molar-refractivity contribution in [1.82, 2.24) is 5.32 Å². The van der Waals surface area contributed by atoms with E-state index in [0.29, 0.717) is 28.6 Å². The summed E-state index contributed by atoms with van der Waals surface area (Å²) >= 11 is 6.18. The number of ether oxygens (including phenoxy) is 1. The lowest BCUT2D eigenvalue weighted by molar-refractivity contribution is 0.0951. The number of carbonyl (C=O) groups excluding carboxylic acids is 1. The van der Waals surface area contributed by atoms with Crippen LogP contribution in [-0.2, 0) is 16.6 Å². The van der Waals surface area contributed by atoms with Gasteiger partial charge in [0.2, 0.25) is 10.0 Å². The lowest BCUT2D eigenvalue weighted by Gasteiger charge is -2.23. The van der Waals surface area contributed by atoms with Crippen LogP contribution in [0.5, 0.6) is 5.75 Å². The van der Waals surface area contributed by atoms with Gasteiger partial charge in [0.25, 0.3) is 5.91 Å². The number of amides is 1. The quantitative estimate of drug-likeness (QED) is 0.469. The van der Waals surface area contributed by atoms with E-state index < -0.39 is 10.0 Å². The van der Waals surface area contributed by atoms with Crippen molar-refractivity contribution in [2.75, 3.05) is 24.2 Å². The number of benzene rings is 3. The molecule has 6 nitrogen and oxygen atoms in total. The number of hydrogen-bond acceptors (Lipinski definition) is 4. The van der Waals surface area contributed by atoms with Crippen molar-refractivity contribution in [1.29, 1.82) is 0 Å². The van der Waals surface area contributed by atoms with Crippen molar-refractivity contribution in [2.45, 2.75) is 19.4 Å². The van der Waals surface area contributed by atoms with Gasteiger partial charge in [-0.2, -0.15) is 0 Å². The maximum Gasteiger partial charge on any atom is 0.251 e. The standard InChI is InChI=1S/C25H27ClN2O4S/c1-18(20-7-5-4-6-8-20)16-27-25(29)21-11-9-19(10-12-21)17-28(33(3,30)31)22-13-14-24(32-2)23(26)15-22/h4-15,18H,16-17H2,1-3H3,(H,27,29)/t18-/m0/s1. The minimum Gasteiger partial charge on any atom is -0.495 e. The molecule has 0 aromatic heterocycles. The number of nitrogens with zero attached hydrogens (tertiary/aromatic N) is 1. The first kappa shape index (κ1) is 24.6. The zero-order valence-electron chi connectivity index (χ0n) is 18.8. The Morgan fingerprint density at radius 2 is 1.73 bits per heavy atom. The number of hydrogen-bond donors (Lipinski definition) is 1. The molecule has 0 bridgehead atoms. The maximum atomic E-state index is 12.5. The van der Waals surface area contributed by atoms with Crippen molar-refractivity contribution in [2.24, 2.45) is 0 Å². The molecule has 0 radical (unpaired) electrons. The Labute approximate surface area is 200 Å². The molecule has 174 valence electrons. The molecule has 8 heteroatoms. The van der Waals surface area contributed by atoms with E-state index in [9.17, 15) is 13.2 Å². The molecule has 3 rings (SSSR count). The predicted octanol–water partition coefficient (Wildman–Crippen LogP) is 4.85. The van der Waals surface area contributed by atoms with Crippen LogP contribution in [0.25, 0.3) is 0 Å². The minimum atomic E-state index is -3.57. The van der Waals surface area contributed by atoms with Gasteiger partial charge in [-0.3, -0.25) is 9.10 Å². The topological polar surface area (TPSA) is 75.7 Å². The zero-order chi connectivity index (χ0) is 24.0. The van der Waals surface area contributed by atoms with Gasteiger partial charge in [0.05, 0.1) is 30.6 Å². The number of nitrogens with one attached hydrogen (secondary N) is 1. The maximum absolute atomic E-state index is 12.5. The number of sulfonamides is 1. The van der Waals surface area contributed by atoms with E-state index in [0.717, 1.165) is 17.4 Å². The summed E-state index contributed by atoms with van der Waals surface area (Å²) in [6.45, 7) is 2.68. The highest BCUT2D eigenvalue weighted by Gasteiger charge is 2.19. The molecular weight excluding hydrogens is 460 g/mol. The molecule has 1 N–H and O–H groups in total. The van der Waals surface area contributed by atoms with Gasteiger partial charge < -0.3 is 10.1 Å². The van der Waals surface area contributed by atoms with Crippen molar-refractivity contribution < 1.29 is 17.9 Å². The van der Waals surface area contributed by atoms with Crippen molar-refractivity contribution in [3.8, 4) is 5.75 Å². The van der Waals surface area contributed by atoms with E-state index in [1.807, 2.05) is 30.3 Å². The first-order chi connectivity index (χ1) is 15.7. The molecule has 0 aliphatic heterocycles. The second kappa shape index (κ2) is 10.7. The lowest BCUT2D eigenvalue weighted by Crippen LogP contribution is -2.29. The van der Waals surface area contributed by atoms with Gasteiger partial charge in [-0.15, -0.1) is 0 Å². The Morgan fingerprint density at radius 1 is 1.06 bits per heavy atom. The number of rotatable bonds is 9. The third kappa shape index (κ3) is 6.49. The van der Waals surface area contributed by atoms with E-state index in [1.165, 1.54) is 11.4 Å². The summed E-state index contributed by atoms with van der Waals surface area (Å²) in [5.74, 6) is 0.478. The second-order valence-corrected chi connectivity index (χ2v) is 10.1. The van der Waals surface area contributed by atoms with Gasteiger partial charge in [0.15, 0.2) is 0 Å². The Morgan fingerprint density at radius 3 is 2.30 bits per heavy atom. The molecule has 33 heavy (non-hydrogen) atoms. The first-order valence-electron chi connectivity index (χ1n) is 10.4. The van der Waals surface area contributed by atoms with Crippen LogP contribution < -0.4 is 14.4 Å². The van der Waals surface area contributed by atoms with Crippen molar-refractivity contribution in [3.05, 3.63) is 94.5 Å². The first-order valence-corrected chi connectivity index (χ1v) is 12.6. The van der Waals surface area contributed by atoms with Crippen LogP contribution in [0.15, 0.2) is 72.8 Å². The fourth-order valence-corrected chi connectivity index (χ4v) is 4.52. The van der Waals surface area contributed by atoms with Crippen LogP contribution >= 0.6 is 11.6 Å². The average Bonchev–Trinajstić information content (AvgIpc) is 2.81. The fraction of sp³-hybridized carbons (Fsp3) is 0.240. The minimum absolute atomic E-state index is 0.106. The molecule has 0 unspecified atom stereocenters. The SMILES string of the molecule is COc1ccc(N(Cc2ccc(C(=O)NC[C@H](C)c3ccccc3)cc2)S(C)(=O)=O)cc1Cl. The highest BCUT2D eigenvalue weighted by molar-refractivity contribution is 7.92. The highest BCUT2D eigenvalue weighted by atomic mass is 35.5. The van der Waals surface area contributed by atoms with Gasteiger partial charge in [-0.25, -0.2) is 8.42 Å². The van der Waals surface area contributed by atoms with Gasteiger partial charge >= 0.3 is 0 Å². The predicted molar refractivity (Wildman–Crippen MR) is 133 cm³/mol. The molecule has 0 spiro atoms. The summed E-state index contributed by atoms with van der Waals surface area (Å²) in [5.41, 5.74) is 2.84. The summed E-state index contributed by atoms with van der Waals surface area (Å²) in [7, 11) is -2.07. The fourth-order valence-electron chi connectivity index (χ4n) is 3.39. The van der Waals surface area contributed by atoms with Crippen LogP contribution in [-0.4, -0.2) is 34.2 Å². The monoisotopic (exact) mass is 486 g/mol. The lowest BCUT2D eigenvalue weighted by atomic mass is 10.0. The van der Waals surface area contributed by atoms with E-state index in [-0.39, 0.29) is 18.4 Å². The van der Waals surface area contributed by atoms with Gasteiger partial charge in [0.1, 0.15) is 5.75 Å². The van der Waals surface area contributed by atoms with Gasteiger partial charge in [-0.1, -0.05) is 61.0 Å². The molecule has 0 fully saturated rings. The zero-order valence-corrected chi connectivity index (χ0v) is 20.4. The normalized spacial score (nSPS) is 12.1. The van der Waals surface area contributed by atoms with Gasteiger partial charge in [-0.05, 0) is 47.4 Å². The third-order valence-electron chi connectivity index (χ3n) is 5.30. The average molecular weight is 487 g/mol. The number of methoxy groups -OCH3 is 1. The second-order valence-electron chi connectivity index (χ2n) is 7.81. The number of carbonyl (C=O) groups is 1. The molecule has 0 saturated heterocycles. The van der Waals surface area contributed by atoms with Crippen LogP contribution in [0.3, 0.4) is 0 Å². The number of anilines is 1. The summed E-state index contributed by atoms with van der Waals surface area (Å²) in [6.07, 6.45) is 1.14. The Hall–Kier alpha value is -3.03. The number of halogens is 1. The smallest absolute Gasteiger partial charge is 0.251 e. The van der Waals surface area contributed by atoms with E-state index >= 15 is 0 Å². The van der Waals surface area contributed by atoms with Crippen molar-refractivity contribution >= 4 is 33.2 Å². The van der Waals surface area contributed by atoms with E-state index in [1.54, 1.807) is 42.5 Å². The van der Waals surface area contributed by atoms with E-state index in [2.05, 4.69) is 12.2 Å². The van der Waals surface area contributed by atoms with Crippen molar-refractivity contribution in [3.63, 3.8) is 0 Å². The largest absolute Gasteiger partial charge is 0.495 e. The highest BCUT2D eigenvalue weighted by Crippen LogP contribution is 2.31. The molecular formula is C25H27ClN2O4S. The molecule has 1 amide bonds. The molecule has 0 aliphatic rings. The summed E-state index contributed by atoms with van der Waals surface area (Å²) in [5, 5.41) is 3.27. The van der Waals surface area contributed by atoms with Crippen LogP contribution in [0.4, 0.5) is 5.69 Å². The van der Waals surface area contributed by atoms with Crippen LogP contribution in [0.2, 0.25) is 5.02 Å². The Balaban J connectivity index is 1.69. The third-order valence-corrected chi connectivity index (χ3v) is 6.74. The Kier molecular flexibility index (Phi) is 8.00. The van der Waals surface area contributed by atoms with Gasteiger partial charge in [0, 0.05) is 12.1 Å². The Bertz CT molecular complexity index is 1200. The summed E-state index contributed by atoms with van der Waals surface area (Å²) in [4.78, 5) is 12.5. The molecule has 0 saturated carbocycles. The summed E-state index contributed by atoms with van der Waals surface area (Å²) < 4.78 is 31.3. The summed E-state index contributed by atoms with van der Waals surface area (Å²) in [6, 6.07) is 21.7.